The zero-order chi connectivity index (χ0) is 24.9. The molecule has 1 unspecified atom stereocenters. The molecule has 2 aromatic rings. The first kappa shape index (κ1) is 25.1. The van der Waals surface area contributed by atoms with Crippen molar-refractivity contribution in [3.05, 3.63) is 59.7 Å². The van der Waals surface area contributed by atoms with Gasteiger partial charge in [-0.3, -0.25) is 9.69 Å². The van der Waals surface area contributed by atoms with Crippen molar-refractivity contribution < 1.29 is 28.6 Å². The predicted molar refractivity (Wildman–Crippen MR) is 128 cm³/mol. The van der Waals surface area contributed by atoms with Crippen LogP contribution in [-0.4, -0.2) is 42.8 Å². The van der Waals surface area contributed by atoms with Crippen molar-refractivity contribution in [1.82, 2.24) is 5.32 Å². The van der Waals surface area contributed by atoms with Crippen LogP contribution in [-0.2, 0) is 32.1 Å². The maximum atomic E-state index is 13.5. The van der Waals surface area contributed by atoms with Crippen LogP contribution in [0.15, 0.2) is 48.5 Å². The molecule has 0 saturated heterocycles. The standard InChI is InChI=1S/C26H32N2O6/c1-6-20(27-25(31)34-26(2,3)4)23(29)28-21-13-12-19(33-16-17-10-8-7-9-11-17)14-18(21)15-22(28)24(30)32-5/h7-14,20,22H,6,15-16H2,1-5H3,(H,27,31)/t20-,22?/m0/s1. The highest BCUT2D eigenvalue weighted by atomic mass is 16.6. The van der Waals surface area contributed by atoms with E-state index in [1.165, 1.54) is 12.0 Å². The van der Waals surface area contributed by atoms with Crippen molar-refractivity contribution in [3.63, 3.8) is 0 Å². The summed E-state index contributed by atoms with van der Waals surface area (Å²) in [6.45, 7) is 7.43. The van der Waals surface area contributed by atoms with Crippen LogP contribution in [0.3, 0.4) is 0 Å². The number of alkyl carbamates (subject to hydrolysis) is 1. The van der Waals surface area contributed by atoms with Gasteiger partial charge in [0.25, 0.3) is 5.91 Å². The second-order valence-corrected chi connectivity index (χ2v) is 9.12. The van der Waals surface area contributed by atoms with Gasteiger partial charge in [-0.1, -0.05) is 37.3 Å². The Balaban J connectivity index is 1.81. The van der Waals surface area contributed by atoms with Crippen LogP contribution in [0.25, 0.3) is 0 Å². The summed E-state index contributed by atoms with van der Waals surface area (Å²) in [5, 5.41) is 2.63. The fraction of sp³-hybridized carbons (Fsp3) is 0.423. The number of carbonyl (C=O) groups is 3. The molecule has 0 bridgehead atoms. The highest BCUT2D eigenvalue weighted by Crippen LogP contribution is 2.36. The Kier molecular flexibility index (Phi) is 7.81. The minimum atomic E-state index is -0.859. The molecule has 1 aliphatic rings. The Morgan fingerprint density at radius 2 is 1.82 bits per heavy atom. The van der Waals surface area contributed by atoms with Gasteiger partial charge in [-0.25, -0.2) is 9.59 Å². The zero-order valence-electron chi connectivity index (χ0n) is 20.3. The SMILES string of the molecule is CC[C@H](NC(=O)OC(C)(C)C)C(=O)N1c2ccc(OCc3ccccc3)cc2CC1C(=O)OC. The predicted octanol–water partition coefficient (Wildman–Crippen LogP) is 4.00. The van der Waals surface area contributed by atoms with Gasteiger partial charge in [-0.2, -0.15) is 0 Å². The van der Waals surface area contributed by atoms with Crippen LogP contribution >= 0.6 is 0 Å². The van der Waals surface area contributed by atoms with Gasteiger partial charge >= 0.3 is 12.1 Å². The number of esters is 1. The van der Waals surface area contributed by atoms with Gasteiger partial charge < -0.3 is 19.5 Å². The number of rotatable bonds is 7. The van der Waals surface area contributed by atoms with Crippen LogP contribution in [0.5, 0.6) is 5.75 Å². The Labute approximate surface area is 200 Å². The molecule has 0 saturated carbocycles. The molecule has 2 atom stereocenters. The fourth-order valence-corrected chi connectivity index (χ4v) is 3.81. The number of nitrogens with one attached hydrogen (secondary N) is 1. The fourth-order valence-electron chi connectivity index (χ4n) is 3.81. The molecule has 0 fully saturated rings. The molecular weight excluding hydrogens is 436 g/mol. The van der Waals surface area contributed by atoms with Crippen LogP contribution in [0.4, 0.5) is 10.5 Å². The van der Waals surface area contributed by atoms with E-state index in [-0.39, 0.29) is 0 Å². The first-order valence-corrected chi connectivity index (χ1v) is 11.3. The smallest absolute Gasteiger partial charge is 0.408 e. The molecule has 1 heterocycles. The molecule has 1 N–H and O–H groups in total. The summed E-state index contributed by atoms with van der Waals surface area (Å²) >= 11 is 0. The van der Waals surface area contributed by atoms with Crippen molar-refractivity contribution in [2.24, 2.45) is 0 Å². The minimum Gasteiger partial charge on any atom is -0.489 e. The second-order valence-electron chi connectivity index (χ2n) is 9.12. The average molecular weight is 469 g/mol. The molecular formula is C26H32N2O6. The van der Waals surface area contributed by atoms with Gasteiger partial charge in [0.15, 0.2) is 0 Å². The lowest BCUT2D eigenvalue weighted by Gasteiger charge is -2.29. The maximum Gasteiger partial charge on any atom is 0.408 e. The monoisotopic (exact) mass is 468 g/mol. The number of benzene rings is 2. The number of hydrogen-bond acceptors (Lipinski definition) is 6. The van der Waals surface area contributed by atoms with Crippen LogP contribution in [0, 0.1) is 0 Å². The summed E-state index contributed by atoms with van der Waals surface area (Å²) < 4.78 is 16.2. The molecule has 34 heavy (non-hydrogen) atoms. The number of nitrogens with zero attached hydrogens (tertiary/aromatic N) is 1. The van der Waals surface area contributed by atoms with Gasteiger partial charge in [0, 0.05) is 12.1 Å². The second kappa shape index (κ2) is 10.6. The van der Waals surface area contributed by atoms with E-state index in [1.807, 2.05) is 36.4 Å². The molecule has 2 amide bonds. The Morgan fingerprint density at radius 3 is 2.44 bits per heavy atom. The first-order chi connectivity index (χ1) is 16.1. The highest BCUT2D eigenvalue weighted by Gasteiger charge is 2.42. The van der Waals surface area contributed by atoms with Crippen molar-refractivity contribution in [1.29, 1.82) is 0 Å². The number of hydrogen-bond donors (Lipinski definition) is 1. The Hall–Kier alpha value is -3.55. The van der Waals surface area contributed by atoms with E-state index < -0.39 is 35.7 Å². The molecule has 0 aromatic heterocycles. The summed E-state index contributed by atoms with van der Waals surface area (Å²) in [5.41, 5.74) is 1.72. The number of methoxy groups -OCH3 is 1. The van der Waals surface area contributed by atoms with Gasteiger partial charge in [0.1, 0.15) is 30.0 Å². The van der Waals surface area contributed by atoms with E-state index in [0.29, 0.717) is 30.9 Å². The highest BCUT2D eigenvalue weighted by molar-refractivity contribution is 6.05. The van der Waals surface area contributed by atoms with E-state index in [0.717, 1.165) is 11.1 Å². The summed E-state index contributed by atoms with van der Waals surface area (Å²) in [7, 11) is 1.29. The maximum absolute atomic E-state index is 13.5. The lowest BCUT2D eigenvalue weighted by Crippen LogP contribution is -2.53. The Morgan fingerprint density at radius 1 is 1.12 bits per heavy atom. The topological polar surface area (TPSA) is 94.2 Å². The number of ether oxygens (including phenoxy) is 3. The van der Waals surface area contributed by atoms with E-state index in [2.05, 4.69) is 5.32 Å². The molecule has 0 spiro atoms. The van der Waals surface area contributed by atoms with Crippen LogP contribution < -0.4 is 15.0 Å². The third-order valence-electron chi connectivity index (χ3n) is 5.39. The Bertz CT molecular complexity index is 1030. The van der Waals surface area contributed by atoms with E-state index >= 15 is 0 Å². The zero-order valence-corrected chi connectivity index (χ0v) is 20.3. The van der Waals surface area contributed by atoms with Crippen molar-refractivity contribution >= 4 is 23.7 Å². The average Bonchev–Trinajstić information content (AvgIpc) is 3.18. The van der Waals surface area contributed by atoms with E-state index in [1.54, 1.807) is 39.8 Å². The summed E-state index contributed by atoms with van der Waals surface area (Å²) in [6, 6.07) is 13.5. The molecule has 2 aromatic carbocycles. The quantitative estimate of drug-likeness (QED) is 0.618. The lowest BCUT2D eigenvalue weighted by atomic mass is 10.1. The van der Waals surface area contributed by atoms with Crippen molar-refractivity contribution in [2.45, 2.75) is 64.8 Å². The molecule has 3 rings (SSSR count). The third kappa shape index (κ3) is 6.07. The van der Waals surface area contributed by atoms with Gasteiger partial charge in [0.05, 0.1) is 7.11 Å². The normalized spacial score (nSPS) is 15.8. The summed E-state index contributed by atoms with van der Waals surface area (Å²) in [6.07, 6.45) is -0.0683. The van der Waals surface area contributed by atoms with Crippen LogP contribution in [0.2, 0.25) is 0 Å². The first-order valence-electron chi connectivity index (χ1n) is 11.3. The molecule has 0 aliphatic carbocycles. The van der Waals surface area contributed by atoms with Gasteiger partial charge in [-0.15, -0.1) is 0 Å². The summed E-state index contributed by atoms with van der Waals surface area (Å²) in [4.78, 5) is 39.7. The van der Waals surface area contributed by atoms with Gasteiger partial charge in [0.2, 0.25) is 0 Å². The molecule has 8 nitrogen and oxygen atoms in total. The molecule has 8 heteroatoms. The number of fused-ring (bicyclic) bond motifs is 1. The summed E-state index contributed by atoms with van der Waals surface area (Å²) in [5.74, 6) is -0.289. The number of carbonyl (C=O) groups excluding carboxylic acids is 3. The molecule has 182 valence electrons. The minimum absolute atomic E-state index is 0.291. The van der Waals surface area contributed by atoms with Gasteiger partial charge in [-0.05, 0) is 56.5 Å². The molecule has 1 aliphatic heterocycles. The molecule has 0 radical (unpaired) electrons. The lowest BCUT2D eigenvalue weighted by molar-refractivity contribution is -0.143. The largest absolute Gasteiger partial charge is 0.489 e. The van der Waals surface area contributed by atoms with E-state index in [9.17, 15) is 14.4 Å². The van der Waals surface area contributed by atoms with Crippen LogP contribution in [0.1, 0.15) is 45.2 Å². The van der Waals surface area contributed by atoms with Crippen molar-refractivity contribution in [2.75, 3.05) is 12.0 Å². The van der Waals surface area contributed by atoms with E-state index in [4.69, 9.17) is 14.2 Å². The number of amides is 2. The van der Waals surface area contributed by atoms with Crippen molar-refractivity contribution in [3.8, 4) is 5.75 Å². The third-order valence-corrected chi connectivity index (χ3v) is 5.39. The number of anilines is 1.